The average molecular weight is 265 g/mol. The molecule has 1 fully saturated rings. The number of aliphatic carboxylic acids is 1. The number of carboxylic acid groups (broad SMARTS) is 1. The van der Waals surface area contributed by atoms with Gasteiger partial charge < -0.3 is 15.0 Å². The minimum atomic E-state index is -0.846. The monoisotopic (exact) mass is 265 g/mol. The summed E-state index contributed by atoms with van der Waals surface area (Å²) in [5, 5.41) is 12.5. The lowest BCUT2D eigenvalue weighted by Crippen LogP contribution is -2.47. The Kier molecular flexibility index (Phi) is 3.59. The number of nitrogens with zero attached hydrogens (tertiary/aromatic N) is 2. The number of aryl methyl sites for hydroxylation is 1. The number of nitrogens with one attached hydrogen (secondary N) is 1. The lowest BCUT2D eigenvalue weighted by molar-refractivity contribution is -0.150. The number of carbonyl (C=O) groups is 1. The molecule has 1 aromatic heterocycles. The Labute approximate surface area is 111 Å². The van der Waals surface area contributed by atoms with Crippen LogP contribution in [0.2, 0.25) is 0 Å². The smallest absolute Gasteiger partial charge is 0.311 e. The van der Waals surface area contributed by atoms with Crippen LogP contribution in [0.25, 0.3) is 0 Å². The molecular formula is C13H19N3O3. The summed E-state index contributed by atoms with van der Waals surface area (Å²) in [5.41, 5.74) is -1.08. The van der Waals surface area contributed by atoms with Gasteiger partial charge in [0.2, 0.25) is 0 Å². The molecule has 2 unspecified atom stereocenters. The van der Waals surface area contributed by atoms with Crippen molar-refractivity contribution < 1.29 is 9.90 Å². The fourth-order valence-corrected chi connectivity index (χ4v) is 2.58. The normalized spacial score (nSPS) is 26.9. The zero-order chi connectivity index (χ0) is 14.0. The van der Waals surface area contributed by atoms with Gasteiger partial charge in [-0.25, -0.2) is 4.98 Å². The Hall–Kier alpha value is -1.85. The highest BCUT2D eigenvalue weighted by Crippen LogP contribution is 2.37. The summed E-state index contributed by atoms with van der Waals surface area (Å²) in [6.07, 6.45) is 6.33. The number of carboxylic acids is 1. The third kappa shape index (κ3) is 2.47. The van der Waals surface area contributed by atoms with Gasteiger partial charge in [-0.3, -0.25) is 9.59 Å². The molecule has 0 amide bonds. The molecule has 6 nitrogen and oxygen atoms in total. The van der Waals surface area contributed by atoms with E-state index in [-0.39, 0.29) is 17.4 Å². The van der Waals surface area contributed by atoms with Crippen LogP contribution in [0, 0.1) is 5.41 Å². The molecule has 1 aromatic rings. The summed E-state index contributed by atoms with van der Waals surface area (Å²) < 4.78 is 1.43. The Morgan fingerprint density at radius 1 is 1.58 bits per heavy atom. The van der Waals surface area contributed by atoms with E-state index in [1.807, 2.05) is 0 Å². The first kappa shape index (κ1) is 13.6. The molecule has 0 bridgehead atoms. The third-order valence-electron chi connectivity index (χ3n) is 4.02. The highest BCUT2D eigenvalue weighted by Gasteiger charge is 2.43. The van der Waals surface area contributed by atoms with Crippen LogP contribution >= 0.6 is 0 Å². The second-order valence-corrected chi connectivity index (χ2v) is 5.36. The van der Waals surface area contributed by atoms with Gasteiger partial charge >= 0.3 is 5.97 Å². The van der Waals surface area contributed by atoms with Gasteiger partial charge in [0.15, 0.2) is 5.82 Å². The number of hydrogen-bond donors (Lipinski definition) is 2. The van der Waals surface area contributed by atoms with Gasteiger partial charge in [-0.05, 0) is 19.8 Å². The van der Waals surface area contributed by atoms with E-state index in [4.69, 9.17) is 0 Å². The van der Waals surface area contributed by atoms with Crippen LogP contribution in [0.5, 0.6) is 0 Å². The van der Waals surface area contributed by atoms with Crippen LogP contribution in [-0.4, -0.2) is 26.7 Å². The van der Waals surface area contributed by atoms with Crippen LogP contribution in [0.4, 0.5) is 5.82 Å². The van der Waals surface area contributed by atoms with Crippen molar-refractivity contribution in [3.05, 3.63) is 22.7 Å². The molecule has 2 rings (SSSR count). The van der Waals surface area contributed by atoms with E-state index < -0.39 is 11.4 Å². The number of anilines is 1. The van der Waals surface area contributed by atoms with E-state index in [1.54, 1.807) is 20.2 Å². The Morgan fingerprint density at radius 2 is 2.32 bits per heavy atom. The minimum Gasteiger partial charge on any atom is -0.481 e. The second-order valence-electron chi connectivity index (χ2n) is 5.36. The molecule has 0 spiro atoms. The second kappa shape index (κ2) is 5.03. The van der Waals surface area contributed by atoms with Crippen LogP contribution < -0.4 is 10.9 Å². The van der Waals surface area contributed by atoms with Gasteiger partial charge in [0.05, 0.1) is 5.41 Å². The molecule has 2 N–H and O–H groups in total. The molecule has 6 heteroatoms. The summed E-state index contributed by atoms with van der Waals surface area (Å²) in [6, 6.07) is -0.263. The average Bonchev–Trinajstić information content (AvgIpc) is 2.37. The van der Waals surface area contributed by atoms with E-state index in [9.17, 15) is 14.7 Å². The first-order valence-electron chi connectivity index (χ1n) is 6.47. The van der Waals surface area contributed by atoms with Gasteiger partial charge in [-0.2, -0.15) is 0 Å². The predicted molar refractivity (Wildman–Crippen MR) is 71.1 cm³/mol. The van der Waals surface area contributed by atoms with Crippen LogP contribution in [-0.2, 0) is 11.8 Å². The van der Waals surface area contributed by atoms with Gasteiger partial charge in [0.1, 0.15) is 0 Å². The quantitative estimate of drug-likeness (QED) is 0.858. The lowest BCUT2D eigenvalue weighted by Gasteiger charge is -2.38. The minimum absolute atomic E-state index is 0.226. The molecule has 0 aliphatic heterocycles. The van der Waals surface area contributed by atoms with Crippen molar-refractivity contribution in [2.45, 2.75) is 38.6 Å². The van der Waals surface area contributed by atoms with Crippen molar-refractivity contribution >= 4 is 11.8 Å². The predicted octanol–water partition coefficient (Wildman–Crippen LogP) is 1.23. The van der Waals surface area contributed by atoms with E-state index in [0.29, 0.717) is 6.42 Å². The molecule has 0 radical (unpaired) electrons. The van der Waals surface area contributed by atoms with Crippen molar-refractivity contribution in [1.29, 1.82) is 0 Å². The summed E-state index contributed by atoms with van der Waals surface area (Å²) in [4.78, 5) is 27.4. The zero-order valence-corrected chi connectivity index (χ0v) is 11.2. The van der Waals surface area contributed by atoms with Gasteiger partial charge in [0, 0.05) is 25.5 Å². The molecule has 1 aliphatic rings. The van der Waals surface area contributed by atoms with Crippen molar-refractivity contribution in [1.82, 2.24) is 9.55 Å². The fourth-order valence-electron chi connectivity index (χ4n) is 2.58. The maximum atomic E-state index is 11.9. The molecule has 2 atom stereocenters. The van der Waals surface area contributed by atoms with Crippen molar-refractivity contribution in [3.8, 4) is 0 Å². The van der Waals surface area contributed by atoms with Crippen molar-refractivity contribution in [2.75, 3.05) is 5.32 Å². The first-order valence-corrected chi connectivity index (χ1v) is 6.47. The molecule has 104 valence electrons. The zero-order valence-electron chi connectivity index (χ0n) is 11.2. The molecule has 0 saturated heterocycles. The summed E-state index contributed by atoms with van der Waals surface area (Å²) >= 11 is 0. The fraction of sp³-hybridized carbons (Fsp3) is 0.615. The standard InChI is InChI=1S/C13H19N3O3/c1-13(12(18)19)6-4-3-5-9(13)15-10-11(17)16(2)8-7-14-10/h7-9H,3-6H2,1-2H3,(H,14,15)(H,18,19). The summed E-state index contributed by atoms with van der Waals surface area (Å²) in [7, 11) is 1.65. The largest absolute Gasteiger partial charge is 0.481 e. The number of rotatable bonds is 3. The molecular weight excluding hydrogens is 246 g/mol. The van der Waals surface area contributed by atoms with Crippen molar-refractivity contribution in [3.63, 3.8) is 0 Å². The van der Waals surface area contributed by atoms with Gasteiger partial charge in [-0.15, -0.1) is 0 Å². The third-order valence-corrected chi connectivity index (χ3v) is 4.02. The van der Waals surface area contributed by atoms with Gasteiger partial charge in [-0.1, -0.05) is 12.8 Å². The lowest BCUT2D eigenvalue weighted by atomic mass is 9.71. The van der Waals surface area contributed by atoms with Crippen molar-refractivity contribution in [2.24, 2.45) is 12.5 Å². The molecule has 1 heterocycles. The molecule has 0 aromatic carbocycles. The molecule has 1 aliphatic carbocycles. The Morgan fingerprint density at radius 3 is 3.00 bits per heavy atom. The number of hydrogen-bond acceptors (Lipinski definition) is 4. The van der Waals surface area contributed by atoms with Crippen LogP contribution in [0.15, 0.2) is 17.2 Å². The van der Waals surface area contributed by atoms with E-state index >= 15 is 0 Å². The summed E-state index contributed by atoms with van der Waals surface area (Å²) in [5.74, 6) is -0.596. The first-order chi connectivity index (χ1) is 8.95. The van der Waals surface area contributed by atoms with Crippen LogP contribution in [0.1, 0.15) is 32.6 Å². The maximum absolute atomic E-state index is 11.9. The Balaban J connectivity index is 2.28. The molecule has 1 saturated carbocycles. The highest BCUT2D eigenvalue weighted by molar-refractivity contribution is 5.76. The van der Waals surface area contributed by atoms with E-state index in [1.165, 1.54) is 10.8 Å². The topological polar surface area (TPSA) is 84.2 Å². The molecule has 19 heavy (non-hydrogen) atoms. The summed E-state index contributed by atoms with van der Waals surface area (Å²) in [6.45, 7) is 1.74. The van der Waals surface area contributed by atoms with E-state index in [0.717, 1.165) is 19.3 Å². The SMILES string of the molecule is Cn1ccnc(NC2CCCCC2(C)C(=O)O)c1=O. The maximum Gasteiger partial charge on any atom is 0.311 e. The van der Waals surface area contributed by atoms with E-state index in [2.05, 4.69) is 10.3 Å². The number of aromatic nitrogens is 2. The van der Waals surface area contributed by atoms with Crippen LogP contribution in [0.3, 0.4) is 0 Å². The van der Waals surface area contributed by atoms with Gasteiger partial charge in [0.25, 0.3) is 5.56 Å². The Bertz CT molecular complexity index is 540. The highest BCUT2D eigenvalue weighted by atomic mass is 16.4.